The van der Waals surface area contributed by atoms with E-state index in [0.717, 1.165) is 0 Å². The molecule has 1 saturated heterocycles. The number of halogens is 2. The van der Waals surface area contributed by atoms with E-state index in [1.165, 1.54) is 13.2 Å². The zero-order valence-electron chi connectivity index (χ0n) is 11.2. The molecule has 0 saturated carbocycles. The van der Waals surface area contributed by atoms with E-state index < -0.39 is 24.5 Å². The van der Waals surface area contributed by atoms with E-state index in [1.807, 2.05) is 0 Å². The summed E-state index contributed by atoms with van der Waals surface area (Å²) in [5.74, 6) is -1.36. The van der Waals surface area contributed by atoms with Gasteiger partial charge in [-0.1, -0.05) is 0 Å². The second-order valence-corrected chi connectivity index (χ2v) is 6.00. The molecule has 7 nitrogen and oxygen atoms in total. The van der Waals surface area contributed by atoms with Crippen molar-refractivity contribution in [1.82, 2.24) is 10.2 Å². The fourth-order valence-corrected chi connectivity index (χ4v) is 3.42. The summed E-state index contributed by atoms with van der Waals surface area (Å²) in [5, 5.41) is 11.0. The monoisotopic (exact) mass is 432 g/mol. The largest absolute Gasteiger partial charge is 0.494 e. The van der Waals surface area contributed by atoms with Gasteiger partial charge in [0.15, 0.2) is 0 Å². The highest BCUT2D eigenvalue weighted by molar-refractivity contribution is 9.11. The molecule has 22 heavy (non-hydrogen) atoms. The van der Waals surface area contributed by atoms with Crippen molar-refractivity contribution in [3.63, 3.8) is 0 Å². The SMILES string of the molecule is COc1c(Br)cc(/C=C2/NC(=O)N(CC(=O)O)C2=O)cc1Br. The predicted molar refractivity (Wildman–Crippen MR) is 84.3 cm³/mol. The first-order valence-corrected chi connectivity index (χ1v) is 7.51. The fourth-order valence-electron chi connectivity index (χ4n) is 1.87. The van der Waals surface area contributed by atoms with Gasteiger partial charge in [0.25, 0.3) is 5.91 Å². The number of ether oxygens (including phenoxy) is 1. The van der Waals surface area contributed by atoms with Gasteiger partial charge >= 0.3 is 12.0 Å². The predicted octanol–water partition coefficient (Wildman–Crippen LogP) is 2.20. The van der Waals surface area contributed by atoms with Crippen LogP contribution in [0.2, 0.25) is 0 Å². The molecule has 1 aliphatic heterocycles. The summed E-state index contributed by atoms with van der Waals surface area (Å²) < 4.78 is 6.50. The molecule has 9 heteroatoms. The van der Waals surface area contributed by atoms with E-state index in [-0.39, 0.29) is 5.70 Å². The summed E-state index contributed by atoms with van der Waals surface area (Å²) in [6.07, 6.45) is 1.46. The Morgan fingerprint density at radius 1 is 1.36 bits per heavy atom. The molecular weight excluding hydrogens is 424 g/mol. The molecule has 2 N–H and O–H groups in total. The summed E-state index contributed by atoms with van der Waals surface area (Å²) in [4.78, 5) is 34.9. The van der Waals surface area contributed by atoms with Crippen molar-refractivity contribution >= 4 is 55.8 Å². The number of aliphatic carboxylic acids is 1. The van der Waals surface area contributed by atoms with E-state index >= 15 is 0 Å². The summed E-state index contributed by atoms with van der Waals surface area (Å²) in [7, 11) is 1.52. The van der Waals surface area contributed by atoms with E-state index in [4.69, 9.17) is 9.84 Å². The van der Waals surface area contributed by atoms with E-state index in [2.05, 4.69) is 37.2 Å². The normalized spacial score (nSPS) is 16.1. The van der Waals surface area contributed by atoms with Crippen LogP contribution in [0.5, 0.6) is 5.75 Å². The van der Waals surface area contributed by atoms with Crippen LogP contribution in [0.3, 0.4) is 0 Å². The van der Waals surface area contributed by atoms with Crippen LogP contribution in [-0.4, -0.2) is 41.6 Å². The molecule has 0 aliphatic carbocycles. The van der Waals surface area contributed by atoms with Gasteiger partial charge in [-0.2, -0.15) is 0 Å². The molecular formula is C13H10Br2N2O5. The molecule has 0 spiro atoms. The number of urea groups is 1. The Kier molecular flexibility index (Phi) is 4.87. The summed E-state index contributed by atoms with van der Waals surface area (Å²) in [6, 6.07) is 2.65. The Labute approximate surface area is 142 Å². The van der Waals surface area contributed by atoms with Crippen molar-refractivity contribution in [1.29, 1.82) is 0 Å². The molecule has 0 atom stereocenters. The number of nitrogens with zero attached hydrogens (tertiary/aromatic N) is 1. The Balaban J connectivity index is 2.33. The van der Waals surface area contributed by atoms with Crippen LogP contribution in [0, 0.1) is 0 Å². The average molecular weight is 434 g/mol. The van der Waals surface area contributed by atoms with Gasteiger partial charge in [0, 0.05) is 0 Å². The van der Waals surface area contributed by atoms with Gasteiger partial charge in [0.1, 0.15) is 18.0 Å². The molecule has 0 bridgehead atoms. The molecule has 116 valence electrons. The van der Waals surface area contributed by atoms with Gasteiger partial charge < -0.3 is 15.2 Å². The van der Waals surface area contributed by atoms with Crippen LogP contribution in [0.15, 0.2) is 26.8 Å². The molecule has 2 rings (SSSR count). The standard InChI is InChI=1S/C13H10Br2N2O5/c1-22-11-7(14)2-6(3-8(11)15)4-9-12(20)17(5-10(18)19)13(21)16-9/h2-4H,5H2,1H3,(H,16,21)(H,18,19)/b9-4+. The number of amides is 3. The van der Waals surface area contributed by atoms with Crippen molar-refractivity contribution in [2.45, 2.75) is 0 Å². The highest BCUT2D eigenvalue weighted by Gasteiger charge is 2.34. The lowest BCUT2D eigenvalue weighted by molar-refractivity contribution is -0.140. The average Bonchev–Trinajstić information content (AvgIpc) is 2.66. The number of rotatable bonds is 4. The number of methoxy groups -OCH3 is 1. The van der Waals surface area contributed by atoms with E-state index in [9.17, 15) is 14.4 Å². The minimum Gasteiger partial charge on any atom is -0.494 e. The number of carboxylic acid groups (broad SMARTS) is 1. The number of carbonyl (C=O) groups is 3. The topological polar surface area (TPSA) is 95.9 Å². The summed E-state index contributed by atoms with van der Waals surface area (Å²) in [6.45, 7) is -0.683. The second kappa shape index (κ2) is 6.49. The van der Waals surface area contributed by atoms with Crippen LogP contribution < -0.4 is 10.1 Å². The molecule has 1 aromatic rings. The van der Waals surface area contributed by atoms with E-state index in [0.29, 0.717) is 25.2 Å². The highest BCUT2D eigenvalue weighted by atomic mass is 79.9. The molecule has 3 amide bonds. The van der Waals surface area contributed by atoms with Crippen LogP contribution in [0.1, 0.15) is 5.56 Å². The van der Waals surface area contributed by atoms with Crippen molar-refractivity contribution in [3.05, 3.63) is 32.3 Å². The molecule has 1 aliphatic rings. The van der Waals surface area contributed by atoms with Gasteiger partial charge in [-0.3, -0.25) is 9.59 Å². The number of carbonyl (C=O) groups excluding carboxylic acids is 2. The highest BCUT2D eigenvalue weighted by Crippen LogP contribution is 2.35. The number of carboxylic acids is 1. The van der Waals surface area contributed by atoms with E-state index in [1.54, 1.807) is 12.1 Å². The van der Waals surface area contributed by atoms with Crippen molar-refractivity contribution < 1.29 is 24.2 Å². The number of imide groups is 1. The van der Waals surface area contributed by atoms with Crippen LogP contribution >= 0.6 is 31.9 Å². The van der Waals surface area contributed by atoms with Gasteiger partial charge in [-0.05, 0) is 55.6 Å². The smallest absolute Gasteiger partial charge is 0.329 e. The Bertz CT molecular complexity index is 679. The van der Waals surface area contributed by atoms with Gasteiger partial charge in [0.05, 0.1) is 16.1 Å². The summed E-state index contributed by atoms with van der Waals surface area (Å²) >= 11 is 6.67. The fraction of sp³-hybridized carbons (Fsp3) is 0.154. The molecule has 0 unspecified atom stereocenters. The lowest BCUT2D eigenvalue weighted by Gasteiger charge is -2.08. The van der Waals surface area contributed by atoms with Crippen molar-refractivity contribution in [2.75, 3.05) is 13.7 Å². The molecule has 1 aromatic carbocycles. The quantitative estimate of drug-likeness (QED) is 0.560. The molecule has 0 aromatic heterocycles. The molecule has 1 heterocycles. The number of hydrogen-bond acceptors (Lipinski definition) is 4. The zero-order chi connectivity index (χ0) is 16.4. The van der Waals surface area contributed by atoms with Gasteiger partial charge in [-0.25, -0.2) is 9.69 Å². The maximum absolute atomic E-state index is 12.0. The Morgan fingerprint density at radius 3 is 2.45 bits per heavy atom. The lowest BCUT2D eigenvalue weighted by atomic mass is 10.2. The third-order valence-corrected chi connectivity index (χ3v) is 3.97. The summed E-state index contributed by atoms with van der Waals surface area (Å²) in [5.41, 5.74) is 0.635. The van der Waals surface area contributed by atoms with Gasteiger partial charge in [0.2, 0.25) is 0 Å². The van der Waals surface area contributed by atoms with Crippen LogP contribution in [0.4, 0.5) is 4.79 Å². The Hall–Kier alpha value is -1.87. The number of benzene rings is 1. The zero-order valence-corrected chi connectivity index (χ0v) is 14.4. The number of nitrogens with one attached hydrogen (secondary N) is 1. The minimum atomic E-state index is -1.26. The van der Waals surface area contributed by atoms with Crippen LogP contribution in [0.25, 0.3) is 6.08 Å². The van der Waals surface area contributed by atoms with Crippen molar-refractivity contribution in [2.24, 2.45) is 0 Å². The first-order valence-electron chi connectivity index (χ1n) is 5.93. The number of hydrogen-bond donors (Lipinski definition) is 2. The maximum Gasteiger partial charge on any atom is 0.329 e. The maximum atomic E-state index is 12.0. The van der Waals surface area contributed by atoms with Crippen LogP contribution in [-0.2, 0) is 9.59 Å². The first kappa shape index (κ1) is 16.5. The second-order valence-electron chi connectivity index (χ2n) is 4.29. The van der Waals surface area contributed by atoms with Crippen molar-refractivity contribution in [3.8, 4) is 5.75 Å². The third-order valence-electron chi connectivity index (χ3n) is 2.79. The molecule has 1 fully saturated rings. The first-order chi connectivity index (χ1) is 10.3. The van der Waals surface area contributed by atoms with Gasteiger partial charge in [-0.15, -0.1) is 0 Å². The Morgan fingerprint density at radius 2 is 1.95 bits per heavy atom. The lowest BCUT2D eigenvalue weighted by Crippen LogP contribution is -2.35. The molecule has 0 radical (unpaired) electrons. The minimum absolute atomic E-state index is 0.00946. The third kappa shape index (κ3) is 3.30.